The molecule has 12 heavy (non-hydrogen) atoms. The summed E-state index contributed by atoms with van der Waals surface area (Å²) in [5.41, 5.74) is 0.957. The van der Waals surface area contributed by atoms with E-state index in [9.17, 15) is 4.79 Å². The summed E-state index contributed by atoms with van der Waals surface area (Å²) in [6, 6.07) is 1.36. The van der Waals surface area contributed by atoms with Crippen molar-refractivity contribution in [3.05, 3.63) is 24.4 Å². The average Bonchev–Trinajstić information content (AvgIpc) is 2.49. The van der Waals surface area contributed by atoms with Crippen molar-refractivity contribution in [1.82, 2.24) is 9.97 Å². The fourth-order valence-corrected chi connectivity index (χ4v) is 0.881. The molecule has 60 valence electrons. The summed E-state index contributed by atoms with van der Waals surface area (Å²) in [5, 5.41) is 8.56. The van der Waals surface area contributed by atoms with Gasteiger partial charge in [-0.2, -0.15) is 0 Å². The molecule has 0 bridgehead atoms. The summed E-state index contributed by atoms with van der Waals surface area (Å²) in [4.78, 5) is 17.9. The van der Waals surface area contributed by atoms with Gasteiger partial charge in [-0.25, -0.2) is 14.8 Å². The van der Waals surface area contributed by atoms with Gasteiger partial charge in [0.05, 0.1) is 6.20 Å². The van der Waals surface area contributed by atoms with Crippen molar-refractivity contribution in [3.8, 4) is 0 Å². The number of aromatic carboxylic acids is 1. The van der Waals surface area contributed by atoms with Gasteiger partial charge >= 0.3 is 5.97 Å². The molecule has 5 nitrogen and oxygen atoms in total. The van der Waals surface area contributed by atoms with Crippen LogP contribution in [0.15, 0.2) is 23.1 Å². The Morgan fingerprint density at radius 3 is 3.08 bits per heavy atom. The zero-order valence-electron chi connectivity index (χ0n) is 5.89. The Hall–Kier alpha value is -1.91. The third-order valence-corrected chi connectivity index (χ3v) is 1.44. The van der Waals surface area contributed by atoms with Gasteiger partial charge in [0.2, 0.25) is 0 Å². The van der Waals surface area contributed by atoms with Gasteiger partial charge in [-0.1, -0.05) is 0 Å². The predicted octanol–water partition coefficient (Wildman–Crippen LogP) is 0.921. The highest BCUT2D eigenvalue weighted by Gasteiger charge is 2.06. The van der Waals surface area contributed by atoms with E-state index in [0.29, 0.717) is 11.1 Å². The van der Waals surface area contributed by atoms with Crippen molar-refractivity contribution in [2.75, 3.05) is 0 Å². The van der Waals surface area contributed by atoms with Crippen LogP contribution in [-0.4, -0.2) is 21.0 Å². The van der Waals surface area contributed by atoms with E-state index in [2.05, 4.69) is 9.97 Å². The maximum atomic E-state index is 10.4. The zero-order valence-corrected chi connectivity index (χ0v) is 5.89. The van der Waals surface area contributed by atoms with Gasteiger partial charge in [0.1, 0.15) is 5.52 Å². The molecule has 0 radical (unpaired) electrons. The molecule has 1 N–H and O–H groups in total. The van der Waals surface area contributed by atoms with E-state index in [1.54, 1.807) is 0 Å². The Morgan fingerprint density at radius 2 is 2.33 bits per heavy atom. The summed E-state index contributed by atoms with van der Waals surface area (Å²) in [7, 11) is 0. The first kappa shape index (κ1) is 6.78. The van der Waals surface area contributed by atoms with Gasteiger partial charge in [0, 0.05) is 6.07 Å². The zero-order chi connectivity index (χ0) is 8.55. The van der Waals surface area contributed by atoms with Crippen LogP contribution in [0.4, 0.5) is 0 Å². The third kappa shape index (κ3) is 0.914. The summed E-state index contributed by atoms with van der Waals surface area (Å²) in [5.74, 6) is -1.07. The Kier molecular flexibility index (Phi) is 1.30. The maximum Gasteiger partial charge on any atom is 0.354 e. The molecule has 0 spiro atoms. The smallest absolute Gasteiger partial charge is 0.354 e. The Labute approximate surface area is 66.7 Å². The number of hydrogen-bond acceptors (Lipinski definition) is 4. The normalized spacial score (nSPS) is 10.3. The van der Waals surface area contributed by atoms with Crippen LogP contribution in [0.2, 0.25) is 0 Å². The van der Waals surface area contributed by atoms with Crippen molar-refractivity contribution in [2.45, 2.75) is 0 Å². The summed E-state index contributed by atoms with van der Waals surface area (Å²) >= 11 is 0. The molecule has 0 aromatic carbocycles. The van der Waals surface area contributed by atoms with Crippen LogP contribution in [0, 0.1) is 0 Å². The SMILES string of the molecule is O=C(O)c1cc2ncoc2cn1. The molecule has 0 atom stereocenters. The standard InChI is InChI=1S/C7H4N2O3/c10-7(11)5-1-4-6(2-8-5)12-3-9-4/h1-3H,(H,10,11). The van der Waals surface area contributed by atoms with Crippen molar-refractivity contribution >= 4 is 17.1 Å². The van der Waals surface area contributed by atoms with E-state index in [0.717, 1.165) is 0 Å². The molecule has 0 fully saturated rings. The van der Waals surface area contributed by atoms with Crippen molar-refractivity contribution in [1.29, 1.82) is 0 Å². The first-order valence-electron chi connectivity index (χ1n) is 3.20. The van der Waals surface area contributed by atoms with Crippen LogP contribution < -0.4 is 0 Å². The molecule has 2 heterocycles. The summed E-state index contributed by atoms with van der Waals surface area (Å²) < 4.78 is 4.89. The number of rotatable bonds is 1. The first-order chi connectivity index (χ1) is 5.77. The van der Waals surface area contributed by atoms with E-state index in [4.69, 9.17) is 9.52 Å². The number of nitrogens with zero attached hydrogens (tertiary/aromatic N) is 2. The monoisotopic (exact) mass is 164 g/mol. The van der Waals surface area contributed by atoms with Gasteiger partial charge in [0.15, 0.2) is 17.7 Å². The first-order valence-corrected chi connectivity index (χ1v) is 3.20. The van der Waals surface area contributed by atoms with Crippen molar-refractivity contribution in [3.63, 3.8) is 0 Å². The van der Waals surface area contributed by atoms with Gasteiger partial charge in [0.25, 0.3) is 0 Å². The summed E-state index contributed by atoms with van der Waals surface area (Å²) in [6.45, 7) is 0. The van der Waals surface area contributed by atoms with Crippen LogP contribution in [0.5, 0.6) is 0 Å². The molecule has 0 aliphatic carbocycles. The maximum absolute atomic E-state index is 10.4. The number of carbonyl (C=O) groups is 1. The van der Waals surface area contributed by atoms with Gasteiger partial charge in [-0.05, 0) is 0 Å². The van der Waals surface area contributed by atoms with Gasteiger partial charge in [-0.3, -0.25) is 0 Å². The van der Waals surface area contributed by atoms with Gasteiger partial charge < -0.3 is 9.52 Å². The molecular formula is C7H4N2O3. The molecule has 2 aromatic heterocycles. The second-order valence-electron chi connectivity index (χ2n) is 2.19. The fourth-order valence-electron chi connectivity index (χ4n) is 0.881. The minimum Gasteiger partial charge on any atom is -0.477 e. The topological polar surface area (TPSA) is 76.2 Å². The molecule has 0 saturated carbocycles. The van der Waals surface area contributed by atoms with Crippen LogP contribution in [0.25, 0.3) is 11.1 Å². The van der Waals surface area contributed by atoms with Crippen LogP contribution in [-0.2, 0) is 0 Å². The number of oxazole rings is 1. The lowest BCUT2D eigenvalue weighted by Crippen LogP contribution is -1.98. The molecule has 0 unspecified atom stereocenters. The van der Waals surface area contributed by atoms with E-state index >= 15 is 0 Å². The third-order valence-electron chi connectivity index (χ3n) is 1.44. The Balaban J connectivity index is 2.68. The number of carboxylic acids is 1. The predicted molar refractivity (Wildman–Crippen MR) is 38.8 cm³/mol. The molecule has 0 amide bonds. The highest BCUT2D eigenvalue weighted by Crippen LogP contribution is 2.10. The quantitative estimate of drug-likeness (QED) is 0.678. The Morgan fingerprint density at radius 1 is 1.50 bits per heavy atom. The lowest BCUT2D eigenvalue weighted by atomic mass is 10.3. The average molecular weight is 164 g/mol. The number of aromatic nitrogens is 2. The number of pyridine rings is 1. The second-order valence-corrected chi connectivity index (χ2v) is 2.19. The molecule has 0 aliphatic heterocycles. The van der Waals surface area contributed by atoms with Crippen LogP contribution in [0.3, 0.4) is 0 Å². The molecule has 5 heteroatoms. The van der Waals surface area contributed by atoms with Crippen LogP contribution >= 0.6 is 0 Å². The van der Waals surface area contributed by atoms with E-state index < -0.39 is 5.97 Å². The molecule has 2 rings (SSSR count). The lowest BCUT2D eigenvalue weighted by molar-refractivity contribution is 0.0690. The minimum absolute atomic E-state index is 0.0311. The molecular weight excluding hydrogens is 160 g/mol. The minimum atomic E-state index is -1.07. The molecule has 2 aromatic rings. The molecule has 0 aliphatic rings. The lowest BCUT2D eigenvalue weighted by Gasteiger charge is -1.90. The number of hydrogen-bond donors (Lipinski definition) is 1. The summed E-state index contributed by atoms with van der Waals surface area (Å²) in [6.07, 6.45) is 2.59. The second kappa shape index (κ2) is 2.30. The fraction of sp³-hybridized carbons (Fsp3) is 0. The van der Waals surface area contributed by atoms with Crippen molar-refractivity contribution < 1.29 is 14.3 Å². The number of carboxylic acid groups (broad SMARTS) is 1. The van der Waals surface area contributed by atoms with E-state index in [-0.39, 0.29) is 5.69 Å². The van der Waals surface area contributed by atoms with Crippen LogP contribution in [0.1, 0.15) is 10.5 Å². The Bertz CT molecular complexity index is 435. The van der Waals surface area contributed by atoms with E-state index in [1.165, 1.54) is 18.7 Å². The molecule has 0 saturated heterocycles. The highest BCUT2D eigenvalue weighted by molar-refractivity contribution is 5.89. The highest BCUT2D eigenvalue weighted by atomic mass is 16.4. The van der Waals surface area contributed by atoms with Crippen molar-refractivity contribution in [2.24, 2.45) is 0 Å². The van der Waals surface area contributed by atoms with Gasteiger partial charge in [-0.15, -0.1) is 0 Å². The largest absolute Gasteiger partial charge is 0.477 e. The number of fused-ring (bicyclic) bond motifs is 1. The van der Waals surface area contributed by atoms with E-state index in [1.807, 2.05) is 0 Å².